The molecule has 0 aliphatic carbocycles. The van der Waals surface area contributed by atoms with Crippen LogP contribution in [0.25, 0.3) is 0 Å². The largest absolute Gasteiger partial charge is 0.468 e. The summed E-state index contributed by atoms with van der Waals surface area (Å²) in [6, 6.07) is 3.21. The standard InChI is InChI=1S/C20H32BrN5O5Si/c1-30-19(28)14-8-6-10-26(25-14)18(27)17(16(22)13-7-5-9-15(21)23-13)24-20(29)31-11-12-32(2,3)4/h5,7,9,14,16-17,25H,6,8,10-12,22H2,1-4H3,(H,24,29)/t14-,16+,17-/m0/s1. The molecule has 4 N–H and O–H groups in total. The van der Waals surface area contributed by atoms with E-state index < -0.39 is 44.2 Å². The first kappa shape index (κ1) is 26.2. The van der Waals surface area contributed by atoms with Crippen molar-refractivity contribution in [3.63, 3.8) is 0 Å². The van der Waals surface area contributed by atoms with E-state index in [-0.39, 0.29) is 6.61 Å². The number of alkyl carbamates (subject to hydrolysis) is 1. The number of methoxy groups -OCH3 is 1. The molecule has 3 atom stereocenters. The Hall–Kier alpha value is -2.02. The molecule has 1 fully saturated rings. The summed E-state index contributed by atoms with van der Waals surface area (Å²) < 4.78 is 10.6. The van der Waals surface area contributed by atoms with Crippen molar-refractivity contribution in [2.75, 3.05) is 20.3 Å². The number of amides is 2. The lowest BCUT2D eigenvalue weighted by Crippen LogP contribution is -2.61. The molecule has 2 heterocycles. The van der Waals surface area contributed by atoms with Crippen molar-refractivity contribution < 1.29 is 23.9 Å². The van der Waals surface area contributed by atoms with Gasteiger partial charge in [-0.25, -0.2) is 15.2 Å². The molecule has 0 spiro atoms. The van der Waals surface area contributed by atoms with Crippen LogP contribution in [0.5, 0.6) is 0 Å². The maximum atomic E-state index is 13.4. The van der Waals surface area contributed by atoms with Crippen LogP contribution >= 0.6 is 15.9 Å². The van der Waals surface area contributed by atoms with Gasteiger partial charge in [-0.15, -0.1) is 0 Å². The summed E-state index contributed by atoms with van der Waals surface area (Å²) in [5.74, 6) is -0.953. The third-order valence-electron chi connectivity index (χ3n) is 5.00. The molecule has 1 aliphatic heterocycles. The van der Waals surface area contributed by atoms with E-state index in [1.54, 1.807) is 18.2 Å². The van der Waals surface area contributed by atoms with Gasteiger partial charge < -0.3 is 20.5 Å². The number of rotatable bonds is 8. The molecule has 0 unspecified atom stereocenters. The third kappa shape index (κ3) is 7.83. The van der Waals surface area contributed by atoms with Gasteiger partial charge in [0.1, 0.15) is 16.7 Å². The number of aromatic nitrogens is 1. The lowest BCUT2D eigenvalue weighted by atomic mass is 10.0. The van der Waals surface area contributed by atoms with Crippen LogP contribution in [-0.2, 0) is 19.1 Å². The Morgan fingerprint density at radius 1 is 1.38 bits per heavy atom. The van der Waals surface area contributed by atoms with Gasteiger partial charge in [-0.05, 0) is 46.9 Å². The number of ether oxygens (including phenoxy) is 2. The van der Waals surface area contributed by atoms with E-state index in [1.165, 1.54) is 12.1 Å². The number of esters is 1. The van der Waals surface area contributed by atoms with Crippen molar-refractivity contribution >= 4 is 42.0 Å². The highest BCUT2D eigenvalue weighted by Gasteiger charge is 2.37. The zero-order valence-electron chi connectivity index (χ0n) is 18.9. The Labute approximate surface area is 197 Å². The minimum atomic E-state index is -1.39. The Morgan fingerprint density at radius 2 is 2.09 bits per heavy atom. The lowest BCUT2D eigenvalue weighted by Gasteiger charge is -2.36. The van der Waals surface area contributed by atoms with Crippen LogP contribution in [0.15, 0.2) is 22.8 Å². The van der Waals surface area contributed by atoms with Gasteiger partial charge in [-0.1, -0.05) is 25.7 Å². The van der Waals surface area contributed by atoms with Crippen molar-refractivity contribution in [2.24, 2.45) is 5.73 Å². The van der Waals surface area contributed by atoms with Gasteiger partial charge in [-0.3, -0.25) is 14.6 Å². The number of hydrazine groups is 1. The quantitative estimate of drug-likeness (QED) is 0.264. The predicted octanol–water partition coefficient (Wildman–Crippen LogP) is 1.95. The minimum Gasteiger partial charge on any atom is -0.468 e. The fourth-order valence-electron chi connectivity index (χ4n) is 3.13. The Balaban J connectivity index is 2.18. The average Bonchev–Trinajstić information content (AvgIpc) is 2.75. The fraction of sp³-hybridized carbons (Fsp3) is 0.600. The monoisotopic (exact) mass is 529 g/mol. The number of pyridine rings is 1. The molecule has 32 heavy (non-hydrogen) atoms. The molecule has 2 amide bonds. The third-order valence-corrected chi connectivity index (χ3v) is 7.15. The van der Waals surface area contributed by atoms with E-state index >= 15 is 0 Å². The number of hydrogen-bond donors (Lipinski definition) is 3. The van der Waals surface area contributed by atoms with E-state index in [0.717, 1.165) is 6.04 Å². The summed E-state index contributed by atoms with van der Waals surface area (Å²) in [5.41, 5.74) is 9.66. The van der Waals surface area contributed by atoms with Crippen molar-refractivity contribution in [3.8, 4) is 0 Å². The molecule has 0 radical (unpaired) electrons. The molecule has 1 aliphatic rings. The molecule has 2 rings (SSSR count). The van der Waals surface area contributed by atoms with Gasteiger partial charge in [0, 0.05) is 14.6 Å². The molecule has 1 aromatic heterocycles. The van der Waals surface area contributed by atoms with Crippen molar-refractivity contribution in [3.05, 3.63) is 28.5 Å². The van der Waals surface area contributed by atoms with Gasteiger partial charge >= 0.3 is 12.1 Å². The highest BCUT2D eigenvalue weighted by molar-refractivity contribution is 9.10. The molecule has 1 saturated heterocycles. The number of nitrogens with one attached hydrogen (secondary N) is 2. The molecule has 178 valence electrons. The number of hydrogen-bond acceptors (Lipinski definition) is 8. The summed E-state index contributed by atoms with van der Waals surface area (Å²) in [6.45, 7) is 7.15. The number of nitrogens with zero attached hydrogens (tertiary/aromatic N) is 2. The Bertz CT molecular complexity index is 822. The van der Waals surface area contributed by atoms with E-state index in [0.29, 0.717) is 29.7 Å². The smallest absolute Gasteiger partial charge is 0.407 e. The van der Waals surface area contributed by atoms with Crippen LogP contribution in [0.1, 0.15) is 24.6 Å². The molecule has 12 heteroatoms. The molecule has 0 aromatic carbocycles. The minimum absolute atomic E-state index is 0.263. The molecular weight excluding hydrogens is 498 g/mol. The number of carbonyl (C=O) groups excluding carboxylic acids is 3. The van der Waals surface area contributed by atoms with E-state index in [1.807, 2.05) is 0 Å². The fourth-order valence-corrected chi connectivity index (χ4v) is 4.20. The van der Waals surface area contributed by atoms with E-state index in [4.69, 9.17) is 15.2 Å². The zero-order valence-corrected chi connectivity index (χ0v) is 21.5. The highest BCUT2D eigenvalue weighted by Crippen LogP contribution is 2.19. The Kier molecular flexibility index (Phi) is 9.61. The van der Waals surface area contributed by atoms with Crippen molar-refractivity contribution in [1.29, 1.82) is 0 Å². The Morgan fingerprint density at radius 3 is 2.72 bits per heavy atom. The van der Waals surface area contributed by atoms with Crippen molar-refractivity contribution in [1.82, 2.24) is 20.7 Å². The van der Waals surface area contributed by atoms with Crippen LogP contribution in [-0.4, -0.2) is 68.4 Å². The second kappa shape index (κ2) is 11.7. The predicted molar refractivity (Wildman–Crippen MR) is 125 cm³/mol. The summed E-state index contributed by atoms with van der Waals surface area (Å²) in [5, 5.41) is 3.90. The van der Waals surface area contributed by atoms with Gasteiger partial charge in [0.05, 0.1) is 25.5 Å². The first-order valence-corrected chi connectivity index (χ1v) is 15.0. The van der Waals surface area contributed by atoms with Crippen LogP contribution in [0.2, 0.25) is 25.7 Å². The number of carbonyl (C=O) groups is 3. The zero-order chi connectivity index (χ0) is 23.9. The molecule has 1 aromatic rings. The van der Waals surface area contributed by atoms with Crippen LogP contribution in [0.4, 0.5) is 4.79 Å². The molecule has 0 saturated carbocycles. The summed E-state index contributed by atoms with van der Waals surface area (Å²) >= 11 is 3.29. The second-order valence-electron chi connectivity index (χ2n) is 8.82. The van der Waals surface area contributed by atoms with Crippen LogP contribution < -0.4 is 16.5 Å². The highest BCUT2D eigenvalue weighted by atomic mass is 79.9. The van der Waals surface area contributed by atoms with Crippen LogP contribution in [0, 0.1) is 0 Å². The SMILES string of the molecule is COC(=O)[C@@H]1CCCN(C(=O)[C@@H](NC(=O)OCC[Si](C)(C)C)[C@H](N)c2cccc(Br)n2)N1. The first-order valence-electron chi connectivity index (χ1n) is 10.5. The normalized spacial score (nSPS) is 18.4. The van der Waals surface area contributed by atoms with Crippen molar-refractivity contribution in [2.45, 2.75) is 56.7 Å². The lowest BCUT2D eigenvalue weighted by molar-refractivity contribution is -0.150. The number of nitrogens with two attached hydrogens (primary N) is 1. The van der Waals surface area contributed by atoms with Gasteiger partial charge in [-0.2, -0.15) is 0 Å². The molecular formula is C20H32BrN5O5Si. The molecule has 0 bridgehead atoms. The van der Waals surface area contributed by atoms with E-state index in [9.17, 15) is 14.4 Å². The van der Waals surface area contributed by atoms with E-state index in [2.05, 4.69) is 51.3 Å². The van der Waals surface area contributed by atoms with Crippen LogP contribution in [0.3, 0.4) is 0 Å². The maximum absolute atomic E-state index is 13.4. The number of halogens is 1. The first-order chi connectivity index (χ1) is 15.0. The summed E-state index contributed by atoms with van der Waals surface area (Å²) in [7, 11) is -0.0973. The van der Waals surface area contributed by atoms with Gasteiger partial charge in [0.2, 0.25) is 0 Å². The summed E-state index contributed by atoms with van der Waals surface area (Å²) in [4.78, 5) is 42.1. The second-order valence-corrected chi connectivity index (χ2v) is 15.3. The summed E-state index contributed by atoms with van der Waals surface area (Å²) in [6.07, 6.45) is 0.400. The van der Waals surface area contributed by atoms with Gasteiger partial charge in [0.25, 0.3) is 5.91 Å². The maximum Gasteiger partial charge on any atom is 0.407 e. The average molecular weight is 530 g/mol. The van der Waals surface area contributed by atoms with Gasteiger partial charge in [0.15, 0.2) is 0 Å². The molecule has 10 nitrogen and oxygen atoms in total. The topological polar surface area (TPSA) is 136 Å².